The first-order valence-electron chi connectivity index (χ1n) is 1.99. The van der Waals surface area contributed by atoms with Gasteiger partial charge in [0.1, 0.15) is 0 Å². The van der Waals surface area contributed by atoms with Crippen LogP contribution < -0.4 is 0 Å². The summed E-state index contributed by atoms with van der Waals surface area (Å²) >= 11 is 3.95. The molecule has 0 aromatic carbocycles. The van der Waals surface area contributed by atoms with Crippen LogP contribution in [0.25, 0.3) is 0 Å². The Hall–Kier alpha value is 0.440. The zero-order chi connectivity index (χ0) is 4.41. The largest absolute Gasteiger partial charge is 0.231 e. The fourth-order valence-electron chi connectivity index (χ4n) is 0.412. The molecule has 1 aliphatic rings. The molecule has 0 nitrogen and oxygen atoms in total. The number of thioether (sulfide) groups is 1. The van der Waals surface area contributed by atoms with Crippen molar-refractivity contribution in [3.8, 4) is 0 Å². The van der Waals surface area contributed by atoms with Crippen LogP contribution >= 0.6 is 11.8 Å². The van der Waals surface area contributed by atoms with Gasteiger partial charge in [0, 0.05) is 6.92 Å². The summed E-state index contributed by atoms with van der Waals surface area (Å²) in [5, 5.41) is 0. The van der Waals surface area contributed by atoms with Crippen LogP contribution in [0.15, 0.2) is 0 Å². The Morgan fingerprint density at radius 2 is 2.67 bits per heavy atom. The maximum Gasteiger partial charge on any atom is 0.231 e. The van der Waals surface area contributed by atoms with Crippen LogP contribution in [0.2, 0.25) is 0 Å². The minimum Gasteiger partial charge on any atom is -0.0646 e. The zero-order valence-corrected chi connectivity index (χ0v) is 5.36. The predicted molar refractivity (Wildman–Crippen MR) is 35.4 cm³/mol. The van der Waals surface area contributed by atoms with Gasteiger partial charge in [-0.2, -0.15) is 0 Å². The summed E-state index contributed by atoms with van der Waals surface area (Å²) in [6.07, 6.45) is 0. The Bertz CT molecular complexity index is 75.6. The summed E-state index contributed by atoms with van der Waals surface area (Å²) in [4.78, 5) is 0. The molecular weight excluding hydrogens is 112 g/mol. The Balaban J connectivity index is 2.45. The normalized spacial score (nSPS) is 21.2. The molecule has 34 valence electrons. The van der Waals surface area contributed by atoms with Gasteiger partial charge in [0.15, 0.2) is 17.1 Å². The molecule has 0 N–H and O–H groups in total. The van der Waals surface area contributed by atoms with Gasteiger partial charge in [0.05, 0.1) is 5.75 Å². The van der Waals surface area contributed by atoms with E-state index in [1.165, 1.54) is 15.7 Å². The van der Waals surface area contributed by atoms with Crippen LogP contribution in [-0.4, -0.2) is 15.7 Å². The van der Waals surface area contributed by atoms with E-state index >= 15 is 0 Å². The monoisotopic (exact) mass is 119 g/mol. The van der Waals surface area contributed by atoms with E-state index in [1.54, 1.807) is 0 Å². The smallest absolute Gasteiger partial charge is 0.0646 e. The molecule has 0 atom stereocenters. The van der Waals surface area contributed by atoms with Crippen LogP contribution in [0.5, 0.6) is 0 Å². The molecule has 0 saturated carbocycles. The first-order valence-corrected chi connectivity index (χ1v) is 3.96. The topological polar surface area (TPSA) is 0 Å². The van der Waals surface area contributed by atoms with Crippen LogP contribution in [0.4, 0.5) is 0 Å². The molecule has 1 aliphatic heterocycles. The van der Waals surface area contributed by atoms with Crippen molar-refractivity contribution < 1.29 is 0 Å². The highest BCUT2D eigenvalue weighted by molar-refractivity contribution is 8.24. The van der Waals surface area contributed by atoms with E-state index in [1.807, 2.05) is 23.1 Å². The molecule has 0 unspecified atom stereocenters. The second kappa shape index (κ2) is 1.94. The maximum absolute atomic E-state index is 2.18. The van der Waals surface area contributed by atoms with E-state index in [0.717, 1.165) is 0 Å². The summed E-state index contributed by atoms with van der Waals surface area (Å²) < 4.78 is 1.54. The quantitative estimate of drug-likeness (QED) is 0.338. The van der Waals surface area contributed by atoms with Crippen LogP contribution in [0.1, 0.15) is 6.92 Å². The molecule has 0 aromatic heterocycles. The average molecular weight is 119 g/mol. The first kappa shape index (κ1) is 4.60. The lowest BCUT2D eigenvalue weighted by atomic mass is 11.0. The van der Waals surface area contributed by atoms with Gasteiger partial charge in [-0.05, 0) is 0 Å². The molecular formula is C4H7S2+. The number of hydrogen-bond donors (Lipinski definition) is 0. The van der Waals surface area contributed by atoms with Gasteiger partial charge in [0.2, 0.25) is 4.20 Å². The van der Waals surface area contributed by atoms with Gasteiger partial charge in [0.25, 0.3) is 0 Å². The van der Waals surface area contributed by atoms with Crippen molar-refractivity contribution >= 4 is 27.3 Å². The molecule has 2 heteroatoms. The van der Waals surface area contributed by atoms with E-state index in [2.05, 4.69) is 6.92 Å². The molecule has 0 radical (unpaired) electrons. The van der Waals surface area contributed by atoms with E-state index in [0.29, 0.717) is 0 Å². The highest BCUT2D eigenvalue weighted by Crippen LogP contribution is 2.07. The second-order valence-corrected chi connectivity index (χ2v) is 4.07. The fourth-order valence-corrected chi connectivity index (χ4v) is 2.49. The van der Waals surface area contributed by atoms with E-state index in [9.17, 15) is 0 Å². The SMILES string of the molecule is CC1=[S+]CCS1. The highest BCUT2D eigenvalue weighted by Gasteiger charge is 2.11. The number of rotatable bonds is 0. The van der Waals surface area contributed by atoms with Crippen molar-refractivity contribution in [3.63, 3.8) is 0 Å². The highest BCUT2D eigenvalue weighted by atomic mass is 32.2. The Morgan fingerprint density at radius 3 is 2.83 bits per heavy atom. The van der Waals surface area contributed by atoms with Gasteiger partial charge < -0.3 is 0 Å². The van der Waals surface area contributed by atoms with Crippen LogP contribution in [0, 0.1) is 0 Å². The van der Waals surface area contributed by atoms with Crippen molar-refractivity contribution in [3.05, 3.63) is 0 Å². The van der Waals surface area contributed by atoms with E-state index < -0.39 is 0 Å². The first-order chi connectivity index (χ1) is 2.89. The van der Waals surface area contributed by atoms with Crippen molar-refractivity contribution in [2.24, 2.45) is 0 Å². The molecule has 0 bridgehead atoms. The maximum atomic E-state index is 2.18. The third kappa shape index (κ3) is 0.949. The Labute approximate surface area is 46.3 Å². The molecule has 1 rings (SSSR count). The third-order valence-corrected chi connectivity index (χ3v) is 3.29. The lowest BCUT2D eigenvalue weighted by Crippen LogP contribution is -1.72. The van der Waals surface area contributed by atoms with Crippen LogP contribution in [-0.2, 0) is 11.4 Å². The van der Waals surface area contributed by atoms with Crippen molar-refractivity contribution in [2.45, 2.75) is 6.92 Å². The standard InChI is InChI=1S/C4H7S2/c1-4-5-2-3-6-4/h2-3H2,1H3/q+1. The minimum atomic E-state index is 1.33. The van der Waals surface area contributed by atoms with Gasteiger partial charge >= 0.3 is 0 Å². The van der Waals surface area contributed by atoms with Gasteiger partial charge in [-0.25, -0.2) is 0 Å². The van der Waals surface area contributed by atoms with Gasteiger partial charge in [-0.1, -0.05) is 11.8 Å². The van der Waals surface area contributed by atoms with Gasteiger partial charge in [-0.15, -0.1) is 0 Å². The predicted octanol–water partition coefficient (Wildman–Crippen LogP) is 0.966. The summed E-state index contributed by atoms with van der Waals surface area (Å²) in [6.45, 7) is 2.18. The van der Waals surface area contributed by atoms with E-state index in [-0.39, 0.29) is 0 Å². The molecule has 0 aliphatic carbocycles. The zero-order valence-electron chi connectivity index (χ0n) is 3.73. The molecule has 0 saturated heterocycles. The van der Waals surface area contributed by atoms with Crippen molar-refractivity contribution in [2.75, 3.05) is 11.5 Å². The molecule has 0 aromatic rings. The van der Waals surface area contributed by atoms with E-state index in [4.69, 9.17) is 0 Å². The molecule has 0 spiro atoms. The van der Waals surface area contributed by atoms with Crippen molar-refractivity contribution in [1.82, 2.24) is 0 Å². The second-order valence-electron chi connectivity index (χ2n) is 1.19. The molecule has 0 amide bonds. The van der Waals surface area contributed by atoms with Crippen molar-refractivity contribution in [1.29, 1.82) is 0 Å². The van der Waals surface area contributed by atoms with Gasteiger partial charge in [-0.3, -0.25) is 0 Å². The number of hydrogen-bond acceptors (Lipinski definition) is 1. The van der Waals surface area contributed by atoms with Crippen LogP contribution in [0.3, 0.4) is 0 Å². The fraction of sp³-hybridized carbons (Fsp3) is 0.750. The lowest BCUT2D eigenvalue weighted by Gasteiger charge is -1.67. The summed E-state index contributed by atoms with van der Waals surface area (Å²) in [7, 11) is 0. The Morgan fingerprint density at radius 1 is 1.83 bits per heavy atom. The summed E-state index contributed by atoms with van der Waals surface area (Å²) in [5.74, 6) is 2.66. The Kier molecular flexibility index (Phi) is 1.48. The third-order valence-electron chi connectivity index (χ3n) is 0.694. The lowest BCUT2D eigenvalue weighted by molar-refractivity contribution is 1.58. The minimum absolute atomic E-state index is 1.33. The molecule has 1 heterocycles. The average Bonchev–Trinajstić information content (AvgIpc) is 1.86. The summed E-state index contributed by atoms with van der Waals surface area (Å²) in [6, 6.07) is 0. The summed E-state index contributed by atoms with van der Waals surface area (Å²) in [5.41, 5.74) is 0. The molecule has 0 fully saturated rings. The molecule has 6 heavy (non-hydrogen) atoms.